The molecule has 0 aliphatic carbocycles. The van der Waals surface area contributed by atoms with Crippen molar-refractivity contribution < 1.29 is 4.74 Å². The van der Waals surface area contributed by atoms with Crippen LogP contribution in [-0.4, -0.2) is 29.2 Å². The fourth-order valence-electron chi connectivity index (χ4n) is 2.38. The number of aromatic nitrogens is 2. The van der Waals surface area contributed by atoms with Crippen molar-refractivity contribution in [2.75, 3.05) is 13.2 Å². The van der Waals surface area contributed by atoms with Gasteiger partial charge >= 0.3 is 0 Å². The number of nitrogens with zero attached hydrogens (tertiary/aromatic N) is 1. The van der Waals surface area contributed by atoms with Crippen molar-refractivity contribution >= 4 is 0 Å². The van der Waals surface area contributed by atoms with Crippen LogP contribution in [0, 0.1) is 11.8 Å². The molecule has 4 nitrogen and oxygen atoms in total. The van der Waals surface area contributed by atoms with Crippen molar-refractivity contribution in [3.63, 3.8) is 0 Å². The van der Waals surface area contributed by atoms with E-state index in [1.807, 2.05) is 6.20 Å². The molecule has 4 heteroatoms. The molecule has 0 saturated carbocycles. The highest BCUT2D eigenvalue weighted by molar-refractivity contribution is 4.87. The van der Waals surface area contributed by atoms with Crippen LogP contribution in [0.3, 0.4) is 0 Å². The van der Waals surface area contributed by atoms with Gasteiger partial charge in [-0.1, -0.05) is 13.8 Å². The van der Waals surface area contributed by atoms with Gasteiger partial charge in [-0.05, 0) is 18.3 Å². The monoisotopic (exact) mass is 223 g/mol. The van der Waals surface area contributed by atoms with E-state index in [2.05, 4.69) is 29.1 Å². The number of H-pyrrole nitrogens is 1. The molecule has 0 spiro atoms. The molecule has 1 fully saturated rings. The molecule has 0 amide bonds. The highest BCUT2D eigenvalue weighted by atomic mass is 16.5. The zero-order valence-corrected chi connectivity index (χ0v) is 10.1. The van der Waals surface area contributed by atoms with Gasteiger partial charge in [0.2, 0.25) is 0 Å². The van der Waals surface area contributed by atoms with Gasteiger partial charge in [0.1, 0.15) is 5.82 Å². The van der Waals surface area contributed by atoms with Crippen LogP contribution in [0.25, 0.3) is 0 Å². The number of hydrogen-bond donors (Lipinski definition) is 2. The Morgan fingerprint density at radius 2 is 2.50 bits per heavy atom. The Balaban J connectivity index is 1.73. The largest absolute Gasteiger partial charge is 0.378 e. The lowest BCUT2D eigenvalue weighted by Gasteiger charge is -2.22. The predicted molar refractivity (Wildman–Crippen MR) is 63.0 cm³/mol. The number of imidazole rings is 1. The van der Waals surface area contributed by atoms with E-state index in [0.29, 0.717) is 17.9 Å². The second-order valence-electron chi connectivity index (χ2n) is 4.79. The second kappa shape index (κ2) is 5.46. The van der Waals surface area contributed by atoms with Gasteiger partial charge in [0.15, 0.2) is 0 Å². The summed E-state index contributed by atoms with van der Waals surface area (Å²) in [6.07, 6.45) is 5.23. The van der Waals surface area contributed by atoms with Crippen molar-refractivity contribution in [1.82, 2.24) is 15.3 Å². The molecule has 16 heavy (non-hydrogen) atoms. The van der Waals surface area contributed by atoms with Crippen LogP contribution in [0.4, 0.5) is 0 Å². The zero-order valence-electron chi connectivity index (χ0n) is 10.1. The topological polar surface area (TPSA) is 49.9 Å². The van der Waals surface area contributed by atoms with Crippen LogP contribution in [0.2, 0.25) is 0 Å². The zero-order chi connectivity index (χ0) is 11.4. The molecule has 1 aliphatic rings. The predicted octanol–water partition coefficient (Wildman–Crippen LogP) is 1.56. The highest BCUT2D eigenvalue weighted by Crippen LogP contribution is 2.26. The molecule has 2 atom stereocenters. The first kappa shape index (κ1) is 11.6. The van der Waals surface area contributed by atoms with E-state index in [1.165, 1.54) is 6.42 Å². The first-order valence-electron chi connectivity index (χ1n) is 6.08. The lowest BCUT2D eigenvalue weighted by molar-refractivity contribution is 0.0539. The fraction of sp³-hybridized carbons (Fsp3) is 0.750. The van der Waals surface area contributed by atoms with E-state index in [9.17, 15) is 0 Å². The number of aromatic amines is 1. The van der Waals surface area contributed by atoms with Crippen molar-refractivity contribution in [3.8, 4) is 0 Å². The minimum Gasteiger partial charge on any atom is -0.378 e. The third kappa shape index (κ3) is 2.83. The molecule has 2 unspecified atom stereocenters. The van der Waals surface area contributed by atoms with Crippen LogP contribution in [0.15, 0.2) is 12.4 Å². The molecule has 2 heterocycles. The third-order valence-electron chi connectivity index (χ3n) is 3.17. The average Bonchev–Trinajstić information content (AvgIpc) is 2.87. The van der Waals surface area contributed by atoms with Crippen LogP contribution in [0.5, 0.6) is 0 Å². The van der Waals surface area contributed by atoms with Gasteiger partial charge < -0.3 is 15.0 Å². The molecule has 90 valence electrons. The van der Waals surface area contributed by atoms with E-state index in [4.69, 9.17) is 4.74 Å². The summed E-state index contributed by atoms with van der Waals surface area (Å²) in [5.74, 6) is 2.26. The molecule has 0 bridgehead atoms. The van der Waals surface area contributed by atoms with E-state index >= 15 is 0 Å². The van der Waals surface area contributed by atoms with E-state index in [1.54, 1.807) is 6.20 Å². The van der Waals surface area contributed by atoms with Crippen molar-refractivity contribution in [2.24, 2.45) is 11.8 Å². The maximum absolute atomic E-state index is 5.75. The molecule has 0 aromatic carbocycles. The van der Waals surface area contributed by atoms with E-state index < -0.39 is 0 Å². The van der Waals surface area contributed by atoms with Crippen molar-refractivity contribution in [2.45, 2.75) is 32.9 Å². The summed E-state index contributed by atoms with van der Waals surface area (Å²) in [6.45, 7) is 7.21. The molecule has 0 radical (unpaired) electrons. The molecule has 1 aromatic heterocycles. The SMILES string of the molecule is CC(C)C1OCCC1CNCc1ncc[nH]1. The quantitative estimate of drug-likeness (QED) is 0.796. The molecule has 1 saturated heterocycles. The van der Waals surface area contributed by atoms with Gasteiger partial charge in [-0.2, -0.15) is 0 Å². The minimum atomic E-state index is 0.420. The summed E-state index contributed by atoms with van der Waals surface area (Å²) in [5.41, 5.74) is 0. The summed E-state index contributed by atoms with van der Waals surface area (Å²) >= 11 is 0. The summed E-state index contributed by atoms with van der Waals surface area (Å²) < 4.78 is 5.75. The number of rotatable bonds is 5. The van der Waals surface area contributed by atoms with Gasteiger partial charge in [-0.3, -0.25) is 0 Å². The summed E-state index contributed by atoms with van der Waals surface area (Å²) in [7, 11) is 0. The van der Waals surface area contributed by atoms with E-state index in [0.717, 1.165) is 25.5 Å². The minimum absolute atomic E-state index is 0.420. The molecule has 1 aromatic rings. The molecule has 2 N–H and O–H groups in total. The van der Waals surface area contributed by atoms with Crippen LogP contribution in [-0.2, 0) is 11.3 Å². The van der Waals surface area contributed by atoms with Crippen molar-refractivity contribution in [3.05, 3.63) is 18.2 Å². The van der Waals surface area contributed by atoms with Crippen LogP contribution < -0.4 is 5.32 Å². The number of hydrogen-bond acceptors (Lipinski definition) is 3. The van der Waals surface area contributed by atoms with Gasteiger partial charge in [0.05, 0.1) is 12.6 Å². The Labute approximate surface area is 96.8 Å². The maximum atomic E-state index is 5.75. The standard InChI is InChI=1S/C12H21N3O/c1-9(2)12-10(3-6-16-12)7-13-8-11-14-4-5-15-11/h4-5,9-10,12-13H,3,6-8H2,1-2H3,(H,14,15). The third-order valence-corrected chi connectivity index (χ3v) is 3.17. The first-order valence-corrected chi connectivity index (χ1v) is 6.08. The number of ether oxygens (including phenoxy) is 1. The van der Waals surface area contributed by atoms with Crippen molar-refractivity contribution in [1.29, 1.82) is 0 Å². The molecule has 2 rings (SSSR count). The molecule has 1 aliphatic heterocycles. The smallest absolute Gasteiger partial charge is 0.120 e. The van der Waals surface area contributed by atoms with Crippen LogP contribution in [0.1, 0.15) is 26.1 Å². The Morgan fingerprint density at radius 3 is 3.19 bits per heavy atom. The van der Waals surface area contributed by atoms with E-state index in [-0.39, 0.29) is 0 Å². The summed E-state index contributed by atoms with van der Waals surface area (Å²) in [4.78, 5) is 7.28. The second-order valence-corrected chi connectivity index (χ2v) is 4.79. The highest BCUT2D eigenvalue weighted by Gasteiger charge is 2.29. The fourth-order valence-corrected chi connectivity index (χ4v) is 2.38. The van der Waals surface area contributed by atoms with Gasteiger partial charge in [-0.15, -0.1) is 0 Å². The Morgan fingerprint density at radius 1 is 1.62 bits per heavy atom. The Hall–Kier alpha value is -0.870. The van der Waals surface area contributed by atoms with Gasteiger partial charge in [0, 0.05) is 25.5 Å². The van der Waals surface area contributed by atoms with Gasteiger partial charge in [-0.25, -0.2) is 4.98 Å². The van der Waals surface area contributed by atoms with Gasteiger partial charge in [0.25, 0.3) is 0 Å². The van der Waals surface area contributed by atoms with Crippen LogP contribution >= 0.6 is 0 Å². The maximum Gasteiger partial charge on any atom is 0.120 e. The lowest BCUT2D eigenvalue weighted by atomic mass is 9.93. The average molecular weight is 223 g/mol. The lowest BCUT2D eigenvalue weighted by Crippen LogP contribution is -2.31. The summed E-state index contributed by atoms with van der Waals surface area (Å²) in [5, 5.41) is 3.44. The summed E-state index contributed by atoms with van der Waals surface area (Å²) in [6, 6.07) is 0. The Bertz CT molecular complexity index is 297. The molecular weight excluding hydrogens is 202 g/mol. The molecular formula is C12H21N3O. The number of nitrogens with one attached hydrogen (secondary N) is 2. The normalized spacial score (nSPS) is 25.4. The Kier molecular flexibility index (Phi) is 3.96. The first-order chi connectivity index (χ1) is 7.77.